The van der Waals surface area contributed by atoms with Crippen LogP contribution in [0.2, 0.25) is 0 Å². The van der Waals surface area contributed by atoms with Crippen molar-refractivity contribution in [2.45, 2.75) is 27.3 Å². The van der Waals surface area contributed by atoms with E-state index in [4.69, 9.17) is 18.0 Å². The molecule has 2 N–H and O–H groups in total. The van der Waals surface area contributed by atoms with Crippen LogP contribution in [0.4, 0.5) is 0 Å². The third kappa shape index (κ3) is 2.65. The summed E-state index contributed by atoms with van der Waals surface area (Å²) in [7, 11) is 0. The molecule has 1 rings (SSSR count). The van der Waals surface area contributed by atoms with E-state index in [1.54, 1.807) is 10.6 Å². The van der Waals surface area contributed by atoms with Crippen LogP contribution in [0.3, 0.4) is 0 Å². The Hall–Kier alpha value is -1.16. The molecule has 0 aliphatic carbocycles. The fourth-order valence-electron chi connectivity index (χ4n) is 1.45. The summed E-state index contributed by atoms with van der Waals surface area (Å²) in [6, 6.07) is 3.56. The highest BCUT2D eigenvalue weighted by Crippen LogP contribution is 2.03. The Morgan fingerprint density at radius 3 is 2.60 bits per heavy atom. The van der Waals surface area contributed by atoms with Crippen molar-refractivity contribution in [3.05, 3.63) is 33.7 Å². The molecule has 0 aliphatic heterocycles. The van der Waals surface area contributed by atoms with Gasteiger partial charge in [-0.2, -0.15) is 0 Å². The van der Waals surface area contributed by atoms with Crippen LogP contribution in [-0.2, 0) is 6.54 Å². The Kier molecular flexibility index (Phi) is 3.63. The molecule has 1 aromatic heterocycles. The SMILES string of the molecule is Cc1ccc(C(N)=S)c(=O)n1CC(C)C. The van der Waals surface area contributed by atoms with Gasteiger partial charge in [-0.1, -0.05) is 26.1 Å². The van der Waals surface area contributed by atoms with Crippen LogP contribution >= 0.6 is 12.2 Å². The zero-order valence-corrected chi connectivity index (χ0v) is 10.1. The van der Waals surface area contributed by atoms with E-state index in [-0.39, 0.29) is 10.5 Å². The van der Waals surface area contributed by atoms with Crippen LogP contribution in [0.25, 0.3) is 0 Å². The zero-order valence-electron chi connectivity index (χ0n) is 9.28. The van der Waals surface area contributed by atoms with E-state index in [1.165, 1.54) is 0 Å². The van der Waals surface area contributed by atoms with Crippen LogP contribution in [0.1, 0.15) is 25.1 Å². The van der Waals surface area contributed by atoms with Crippen LogP contribution < -0.4 is 11.3 Å². The minimum atomic E-state index is -0.0869. The molecule has 0 unspecified atom stereocenters. The number of pyridine rings is 1. The topological polar surface area (TPSA) is 48.0 Å². The van der Waals surface area contributed by atoms with Gasteiger partial charge in [-0.05, 0) is 25.0 Å². The van der Waals surface area contributed by atoms with Crippen molar-refractivity contribution < 1.29 is 0 Å². The third-order valence-electron chi connectivity index (χ3n) is 2.21. The molecule has 3 nitrogen and oxygen atoms in total. The summed E-state index contributed by atoms with van der Waals surface area (Å²) in [6.45, 7) is 6.74. The van der Waals surface area contributed by atoms with E-state index in [0.717, 1.165) is 5.69 Å². The minimum Gasteiger partial charge on any atom is -0.389 e. The van der Waals surface area contributed by atoms with Crippen molar-refractivity contribution >= 4 is 17.2 Å². The first-order chi connectivity index (χ1) is 6.93. The molecule has 1 aromatic rings. The van der Waals surface area contributed by atoms with Gasteiger partial charge in [0.25, 0.3) is 5.56 Å². The number of rotatable bonds is 3. The maximum atomic E-state index is 12.0. The summed E-state index contributed by atoms with van der Waals surface area (Å²) in [5, 5.41) is 0. The lowest BCUT2D eigenvalue weighted by Gasteiger charge is -2.13. The van der Waals surface area contributed by atoms with Gasteiger partial charge in [-0.25, -0.2) is 0 Å². The van der Waals surface area contributed by atoms with Gasteiger partial charge < -0.3 is 10.3 Å². The van der Waals surface area contributed by atoms with Crippen LogP contribution in [0.5, 0.6) is 0 Å². The molecule has 0 fully saturated rings. The molecule has 0 radical (unpaired) electrons. The molecule has 0 saturated heterocycles. The van der Waals surface area contributed by atoms with Gasteiger partial charge in [-0.15, -0.1) is 0 Å². The van der Waals surface area contributed by atoms with Crippen LogP contribution in [0, 0.1) is 12.8 Å². The Bertz CT molecular complexity index is 435. The summed E-state index contributed by atoms with van der Waals surface area (Å²) in [5.74, 6) is 0.419. The molecule has 0 bridgehead atoms. The van der Waals surface area contributed by atoms with Gasteiger partial charge in [0.15, 0.2) is 0 Å². The summed E-state index contributed by atoms with van der Waals surface area (Å²) in [5.41, 5.74) is 6.76. The van der Waals surface area contributed by atoms with Gasteiger partial charge in [0, 0.05) is 12.2 Å². The smallest absolute Gasteiger partial charge is 0.260 e. The fraction of sp³-hybridized carbons (Fsp3) is 0.455. The first-order valence-corrected chi connectivity index (χ1v) is 5.34. The molecule has 0 amide bonds. The summed E-state index contributed by atoms with van der Waals surface area (Å²) < 4.78 is 1.72. The van der Waals surface area contributed by atoms with E-state index in [2.05, 4.69) is 13.8 Å². The maximum absolute atomic E-state index is 12.0. The number of nitrogens with zero attached hydrogens (tertiary/aromatic N) is 1. The highest BCUT2D eigenvalue weighted by atomic mass is 32.1. The number of aryl methyl sites for hydroxylation is 1. The van der Waals surface area contributed by atoms with Crippen molar-refractivity contribution in [3.8, 4) is 0 Å². The van der Waals surface area contributed by atoms with Crippen molar-refractivity contribution in [3.63, 3.8) is 0 Å². The van der Waals surface area contributed by atoms with E-state index >= 15 is 0 Å². The predicted octanol–water partition coefficient (Wildman–Crippen LogP) is 1.45. The normalized spacial score (nSPS) is 10.7. The number of hydrogen-bond donors (Lipinski definition) is 1. The lowest BCUT2D eigenvalue weighted by molar-refractivity contribution is 0.502. The first kappa shape index (κ1) is 11.9. The second-order valence-corrected chi connectivity index (χ2v) is 4.50. The molecule has 0 aromatic carbocycles. The number of nitrogens with two attached hydrogens (primary N) is 1. The summed E-state index contributed by atoms with van der Waals surface area (Å²) in [4.78, 5) is 12.1. The monoisotopic (exact) mass is 224 g/mol. The lowest BCUT2D eigenvalue weighted by atomic mass is 10.2. The summed E-state index contributed by atoms with van der Waals surface area (Å²) in [6.07, 6.45) is 0. The van der Waals surface area contributed by atoms with Gasteiger partial charge in [-0.3, -0.25) is 4.79 Å². The molecule has 4 heteroatoms. The number of thiocarbonyl (C=S) groups is 1. The third-order valence-corrected chi connectivity index (χ3v) is 2.43. The predicted molar refractivity (Wildman–Crippen MR) is 66.2 cm³/mol. The first-order valence-electron chi connectivity index (χ1n) is 4.93. The molecular formula is C11H16N2OS. The molecule has 0 spiro atoms. The largest absolute Gasteiger partial charge is 0.389 e. The fourth-order valence-corrected chi connectivity index (χ4v) is 1.61. The second-order valence-electron chi connectivity index (χ2n) is 4.06. The van der Waals surface area contributed by atoms with Gasteiger partial charge in [0.2, 0.25) is 0 Å². The van der Waals surface area contributed by atoms with Crippen molar-refractivity contribution in [2.24, 2.45) is 11.7 Å². The van der Waals surface area contributed by atoms with E-state index < -0.39 is 0 Å². The van der Waals surface area contributed by atoms with Gasteiger partial charge in [0.1, 0.15) is 4.99 Å². The lowest BCUT2D eigenvalue weighted by Crippen LogP contribution is -2.31. The molecule has 82 valence electrons. The summed E-state index contributed by atoms with van der Waals surface area (Å²) >= 11 is 4.83. The van der Waals surface area contributed by atoms with Gasteiger partial charge in [0.05, 0.1) is 5.56 Å². The Balaban J connectivity index is 3.31. The molecule has 0 saturated carbocycles. The molecule has 15 heavy (non-hydrogen) atoms. The molecule has 1 heterocycles. The highest BCUT2D eigenvalue weighted by Gasteiger charge is 2.09. The van der Waals surface area contributed by atoms with Crippen molar-refractivity contribution in [1.82, 2.24) is 4.57 Å². The van der Waals surface area contributed by atoms with E-state index in [1.807, 2.05) is 13.0 Å². The number of hydrogen-bond acceptors (Lipinski definition) is 2. The Morgan fingerprint density at radius 2 is 2.13 bits per heavy atom. The van der Waals surface area contributed by atoms with E-state index in [9.17, 15) is 4.79 Å². The number of aromatic nitrogens is 1. The quantitative estimate of drug-likeness (QED) is 0.790. The van der Waals surface area contributed by atoms with Crippen molar-refractivity contribution in [1.29, 1.82) is 0 Å². The zero-order chi connectivity index (χ0) is 11.6. The average molecular weight is 224 g/mol. The molecule has 0 aliphatic rings. The maximum Gasteiger partial charge on any atom is 0.260 e. The molecular weight excluding hydrogens is 208 g/mol. The second kappa shape index (κ2) is 4.57. The standard InChI is InChI=1S/C11H16N2OS/c1-7(2)6-13-8(3)4-5-9(10(12)15)11(13)14/h4-5,7H,6H2,1-3H3,(H2,12,15). The van der Waals surface area contributed by atoms with Crippen molar-refractivity contribution in [2.75, 3.05) is 0 Å². The van der Waals surface area contributed by atoms with Crippen LogP contribution in [-0.4, -0.2) is 9.56 Å². The molecule has 0 atom stereocenters. The van der Waals surface area contributed by atoms with E-state index in [0.29, 0.717) is 18.0 Å². The Morgan fingerprint density at radius 1 is 1.53 bits per heavy atom. The van der Waals surface area contributed by atoms with Gasteiger partial charge >= 0.3 is 0 Å². The average Bonchev–Trinajstić information content (AvgIpc) is 2.11. The minimum absolute atomic E-state index is 0.0869. The van der Waals surface area contributed by atoms with Crippen LogP contribution in [0.15, 0.2) is 16.9 Å². The highest BCUT2D eigenvalue weighted by molar-refractivity contribution is 7.80. The Labute approximate surface area is 94.9 Å².